The summed E-state index contributed by atoms with van der Waals surface area (Å²) in [5.74, 6) is 0.888. The Hall–Kier alpha value is -0.520. The molecule has 1 aliphatic rings. The van der Waals surface area contributed by atoms with Crippen molar-refractivity contribution in [2.45, 2.75) is 33.1 Å². The van der Waals surface area contributed by atoms with Crippen molar-refractivity contribution in [3.8, 4) is 0 Å². The zero-order valence-electron chi connectivity index (χ0n) is 6.98. The van der Waals surface area contributed by atoms with Gasteiger partial charge in [0.15, 0.2) is 0 Å². The molecule has 0 aromatic rings. The number of hydrogen-bond acceptors (Lipinski definition) is 0. The summed E-state index contributed by atoms with van der Waals surface area (Å²) in [6.07, 6.45) is 6.01. The quantitative estimate of drug-likeness (QED) is 0.518. The predicted molar refractivity (Wildman–Crippen MR) is 45.9 cm³/mol. The Kier molecular flexibility index (Phi) is 2.31. The summed E-state index contributed by atoms with van der Waals surface area (Å²) >= 11 is 0. The van der Waals surface area contributed by atoms with E-state index in [1.807, 2.05) is 0 Å². The fraction of sp³-hybridized carbons (Fsp3) is 0.600. The minimum atomic E-state index is 0.888. The van der Waals surface area contributed by atoms with Crippen LogP contribution in [0.25, 0.3) is 0 Å². The summed E-state index contributed by atoms with van der Waals surface area (Å²) in [7, 11) is 0. The van der Waals surface area contributed by atoms with Gasteiger partial charge in [-0.15, -0.1) is 0 Å². The van der Waals surface area contributed by atoms with Crippen molar-refractivity contribution in [1.82, 2.24) is 0 Å². The summed E-state index contributed by atoms with van der Waals surface area (Å²) in [6.45, 7) is 8.41. The number of allylic oxidation sites excluding steroid dienone is 3. The van der Waals surface area contributed by atoms with Crippen LogP contribution in [0.3, 0.4) is 0 Å². The Bertz CT molecular complexity index is 163. The van der Waals surface area contributed by atoms with Gasteiger partial charge in [-0.2, -0.15) is 0 Å². The molecule has 1 unspecified atom stereocenters. The lowest BCUT2D eigenvalue weighted by Crippen LogP contribution is -1.87. The highest BCUT2D eigenvalue weighted by Gasteiger charge is 2.19. The van der Waals surface area contributed by atoms with Crippen molar-refractivity contribution >= 4 is 0 Å². The molecule has 0 heteroatoms. The topological polar surface area (TPSA) is 0 Å². The monoisotopic (exact) mass is 136 g/mol. The van der Waals surface area contributed by atoms with Gasteiger partial charge >= 0.3 is 0 Å². The Balaban J connectivity index is 2.61. The molecule has 1 saturated carbocycles. The van der Waals surface area contributed by atoms with Crippen LogP contribution in [0, 0.1) is 5.92 Å². The average molecular weight is 136 g/mol. The molecule has 0 aliphatic heterocycles. The van der Waals surface area contributed by atoms with Crippen molar-refractivity contribution in [2.75, 3.05) is 0 Å². The van der Waals surface area contributed by atoms with E-state index in [4.69, 9.17) is 0 Å². The lowest BCUT2D eigenvalue weighted by atomic mass is 10.1. The third-order valence-corrected chi connectivity index (χ3v) is 2.42. The van der Waals surface area contributed by atoms with Crippen LogP contribution in [-0.4, -0.2) is 0 Å². The maximum atomic E-state index is 4.04. The van der Waals surface area contributed by atoms with Gasteiger partial charge in [0.1, 0.15) is 0 Å². The van der Waals surface area contributed by atoms with E-state index in [9.17, 15) is 0 Å². The van der Waals surface area contributed by atoms with E-state index in [-0.39, 0.29) is 0 Å². The van der Waals surface area contributed by atoms with Crippen LogP contribution in [0.2, 0.25) is 0 Å². The summed E-state index contributed by atoms with van der Waals surface area (Å²) in [6, 6.07) is 0. The predicted octanol–water partition coefficient (Wildman–Crippen LogP) is 3.31. The molecule has 0 radical (unpaired) electrons. The third-order valence-electron chi connectivity index (χ3n) is 2.42. The van der Waals surface area contributed by atoms with Crippen LogP contribution >= 0.6 is 0 Å². The van der Waals surface area contributed by atoms with Crippen LogP contribution in [0.15, 0.2) is 23.8 Å². The van der Waals surface area contributed by atoms with Crippen LogP contribution in [0.1, 0.15) is 33.1 Å². The summed E-state index contributed by atoms with van der Waals surface area (Å²) in [4.78, 5) is 0. The molecule has 1 rings (SSSR count). The molecular weight excluding hydrogens is 120 g/mol. The van der Waals surface area contributed by atoms with Crippen molar-refractivity contribution in [3.05, 3.63) is 23.8 Å². The molecule has 0 spiro atoms. The highest BCUT2D eigenvalue weighted by atomic mass is 14.2. The highest BCUT2D eigenvalue weighted by Crippen LogP contribution is 2.35. The maximum absolute atomic E-state index is 4.04. The zero-order valence-corrected chi connectivity index (χ0v) is 6.98. The van der Waals surface area contributed by atoms with Crippen molar-refractivity contribution in [3.63, 3.8) is 0 Å². The van der Waals surface area contributed by atoms with E-state index < -0.39 is 0 Å². The van der Waals surface area contributed by atoms with Crippen molar-refractivity contribution < 1.29 is 0 Å². The Labute approximate surface area is 63.6 Å². The Morgan fingerprint density at radius 2 is 2.30 bits per heavy atom. The summed E-state index contributed by atoms with van der Waals surface area (Å²) in [5, 5.41) is 0. The van der Waals surface area contributed by atoms with Crippen LogP contribution in [0.4, 0.5) is 0 Å². The highest BCUT2D eigenvalue weighted by molar-refractivity contribution is 5.32. The molecule has 0 saturated heterocycles. The van der Waals surface area contributed by atoms with Gasteiger partial charge in [-0.05, 0) is 31.3 Å². The second-order valence-electron chi connectivity index (χ2n) is 3.10. The zero-order chi connectivity index (χ0) is 7.56. The molecule has 0 bridgehead atoms. The second kappa shape index (κ2) is 3.05. The van der Waals surface area contributed by atoms with Crippen molar-refractivity contribution in [1.29, 1.82) is 0 Å². The molecule has 0 nitrogen and oxygen atoms in total. The fourth-order valence-electron chi connectivity index (χ4n) is 1.62. The minimum Gasteiger partial charge on any atom is -0.0956 e. The largest absolute Gasteiger partial charge is 0.0956 e. The van der Waals surface area contributed by atoms with E-state index in [2.05, 4.69) is 26.5 Å². The van der Waals surface area contributed by atoms with Gasteiger partial charge in [0, 0.05) is 0 Å². The molecule has 1 fully saturated rings. The summed E-state index contributed by atoms with van der Waals surface area (Å²) in [5.41, 5.74) is 2.86. The van der Waals surface area contributed by atoms with Gasteiger partial charge in [0.25, 0.3) is 0 Å². The van der Waals surface area contributed by atoms with Gasteiger partial charge in [-0.25, -0.2) is 0 Å². The molecule has 1 aliphatic carbocycles. The molecular formula is C10H16. The lowest BCUT2D eigenvalue weighted by Gasteiger charge is -1.99. The van der Waals surface area contributed by atoms with E-state index in [0.29, 0.717) is 0 Å². The van der Waals surface area contributed by atoms with Crippen LogP contribution in [-0.2, 0) is 0 Å². The first-order valence-corrected chi connectivity index (χ1v) is 4.11. The molecule has 0 heterocycles. The smallest absolute Gasteiger partial charge is 0.0248 e. The maximum Gasteiger partial charge on any atom is -0.0248 e. The average Bonchev–Trinajstić information content (AvgIpc) is 2.30. The third kappa shape index (κ3) is 1.31. The molecule has 0 amide bonds. The fourth-order valence-corrected chi connectivity index (χ4v) is 1.62. The Morgan fingerprint density at radius 1 is 1.60 bits per heavy atom. The van der Waals surface area contributed by atoms with Gasteiger partial charge in [-0.3, -0.25) is 0 Å². The minimum absolute atomic E-state index is 0.888. The molecule has 56 valence electrons. The van der Waals surface area contributed by atoms with Crippen LogP contribution < -0.4 is 0 Å². The van der Waals surface area contributed by atoms with Gasteiger partial charge in [0.2, 0.25) is 0 Å². The molecule has 0 N–H and O–H groups in total. The van der Waals surface area contributed by atoms with E-state index in [0.717, 1.165) is 5.92 Å². The van der Waals surface area contributed by atoms with Gasteiger partial charge < -0.3 is 0 Å². The number of rotatable bonds is 1. The molecule has 0 aromatic carbocycles. The first-order valence-electron chi connectivity index (χ1n) is 4.11. The molecule has 0 aromatic heterocycles. The van der Waals surface area contributed by atoms with E-state index in [1.54, 1.807) is 0 Å². The second-order valence-corrected chi connectivity index (χ2v) is 3.10. The standard InChI is InChI=1S/C10H16/c1-4-9-6-8(3)10(5-2)7-9/h5,9H,3-4,6-7H2,1-2H3. The lowest BCUT2D eigenvalue weighted by molar-refractivity contribution is 0.553. The van der Waals surface area contributed by atoms with Crippen molar-refractivity contribution in [2.24, 2.45) is 5.92 Å². The van der Waals surface area contributed by atoms with E-state index in [1.165, 1.54) is 30.4 Å². The summed E-state index contributed by atoms with van der Waals surface area (Å²) < 4.78 is 0. The number of hydrogen-bond donors (Lipinski definition) is 0. The first-order chi connectivity index (χ1) is 4.77. The van der Waals surface area contributed by atoms with E-state index >= 15 is 0 Å². The van der Waals surface area contributed by atoms with Gasteiger partial charge in [0.05, 0.1) is 0 Å². The molecule has 10 heavy (non-hydrogen) atoms. The Morgan fingerprint density at radius 3 is 2.60 bits per heavy atom. The molecule has 1 atom stereocenters. The van der Waals surface area contributed by atoms with Gasteiger partial charge in [-0.1, -0.05) is 31.6 Å². The van der Waals surface area contributed by atoms with Crippen LogP contribution in [0.5, 0.6) is 0 Å². The first kappa shape index (κ1) is 7.59. The normalized spacial score (nSPS) is 30.0. The SMILES string of the molecule is C=C1CC(CC)CC1=CC.